The third kappa shape index (κ3) is 1.66. The lowest BCUT2D eigenvalue weighted by atomic mass is 9.93. The van der Waals surface area contributed by atoms with Crippen molar-refractivity contribution in [1.29, 1.82) is 0 Å². The van der Waals surface area contributed by atoms with E-state index in [4.69, 9.17) is 9.57 Å². The van der Waals surface area contributed by atoms with Crippen LogP contribution in [-0.4, -0.2) is 34.3 Å². The maximum absolute atomic E-state index is 5.66. The Morgan fingerprint density at radius 1 is 1.35 bits per heavy atom. The number of benzene rings is 1. The molecule has 5 heteroatoms. The van der Waals surface area contributed by atoms with Crippen LogP contribution in [0.3, 0.4) is 0 Å². The molecule has 0 bridgehead atoms. The molecule has 2 aromatic rings. The van der Waals surface area contributed by atoms with E-state index in [1.54, 1.807) is 0 Å². The smallest absolute Gasteiger partial charge is 0.168 e. The molecule has 1 unspecified atom stereocenters. The normalized spacial score (nSPS) is 25.4. The Morgan fingerprint density at radius 2 is 2.25 bits per heavy atom. The monoisotopic (exact) mass is 271 g/mol. The van der Waals surface area contributed by atoms with E-state index < -0.39 is 0 Å². The zero-order valence-corrected chi connectivity index (χ0v) is 11.7. The van der Waals surface area contributed by atoms with Crippen molar-refractivity contribution in [2.45, 2.75) is 25.4 Å². The summed E-state index contributed by atoms with van der Waals surface area (Å²) in [6.45, 7) is 3.44. The molecule has 1 atom stereocenters. The number of oxime groups is 1. The first-order valence-electron chi connectivity index (χ1n) is 6.93. The summed E-state index contributed by atoms with van der Waals surface area (Å²) in [7, 11) is 1.97. The largest absolute Gasteiger partial charge is 0.386 e. The highest BCUT2D eigenvalue weighted by molar-refractivity contribution is 6.04. The van der Waals surface area contributed by atoms with Gasteiger partial charge in [0.05, 0.1) is 30.1 Å². The van der Waals surface area contributed by atoms with Gasteiger partial charge in [0.1, 0.15) is 0 Å². The van der Waals surface area contributed by atoms with E-state index in [0.29, 0.717) is 6.61 Å². The Morgan fingerprint density at radius 3 is 3.05 bits per heavy atom. The lowest BCUT2D eigenvalue weighted by molar-refractivity contribution is -0.0237. The van der Waals surface area contributed by atoms with E-state index in [0.717, 1.165) is 41.9 Å². The van der Waals surface area contributed by atoms with Gasteiger partial charge < -0.3 is 9.57 Å². The van der Waals surface area contributed by atoms with E-state index in [2.05, 4.69) is 28.5 Å². The minimum absolute atomic E-state index is 0.216. The average molecular weight is 271 g/mol. The SMILES string of the molecule is Cc1nn(C)c2cc(C3=NOC4(CCOC4)C3)ccc12. The minimum Gasteiger partial charge on any atom is -0.386 e. The third-order valence-corrected chi connectivity index (χ3v) is 4.28. The van der Waals surface area contributed by atoms with Crippen LogP contribution < -0.4 is 0 Å². The van der Waals surface area contributed by atoms with E-state index in [1.165, 1.54) is 5.39 Å². The van der Waals surface area contributed by atoms with Crippen LogP contribution in [0.1, 0.15) is 24.1 Å². The number of aromatic nitrogens is 2. The van der Waals surface area contributed by atoms with Gasteiger partial charge >= 0.3 is 0 Å². The van der Waals surface area contributed by atoms with Crippen LogP contribution >= 0.6 is 0 Å². The summed E-state index contributed by atoms with van der Waals surface area (Å²) >= 11 is 0. The highest BCUT2D eigenvalue weighted by atomic mass is 16.7. The van der Waals surface area contributed by atoms with Crippen molar-refractivity contribution in [2.75, 3.05) is 13.2 Å². The second kappa shape index (κ2) is 4.06. The summed E-state index contributed by atoms with van der Waals surface area (Å²) in [5, 5.41) is 9.94. The minimum atomic E-state index is -0.216. The molecule has 0 radical (unpaired) electrons. The quantitative estimate of drug-likeness (QED) is 0.798. The topological polar surface area (TPSA) is 48.6 Å². The van der Waals surface area contributed by atoms with Crippen LogP contribution in [0.15, 0.2) is 23.4 Å². The fraction of sp³-hybridized carbons (Fsp3) is 0.467. The molecular weight excluding hydrogens is 254 g/mol. The number of ether oxygens (including phenoxy) is 1. The second-order valence-electron chi connectivity index (χ2n) is 5.73. The van der Waals surface area contributed by atoms with Gasteiger partial charge in [-0.1, -0.05) is 17.3 Å². The van der Waals surface area contributed by atoms with E-state index in [9.17, 15) is 0 Å². The molecule has 0 amide bonds. The van der Waals surface area contributed by atoms with Gasteiger partial charge in [-0.05, 0) is 13.0 Å². The molecule has 5 nitrogen and oxygen atoms in total. The number of rotatable bonds is 1. The van der Waals surface area contributed by atoms with Crippen LogP contribution in [0.4, 0.5) is 0 Å². The first kappa shape index (κ1) is 11.9. The molecule has 1 saturated heterocycles. The number of nitrogens with zero attached hydrogens (tertiary/aromatic N) is 3. The van der Waals surface area contributed by atoms with Gasteiger partial charge in [0.25, 0.3) is 0 Å². The molecule has 20 heavy (non-hydrogen) atoms. The Balaban J connectivity index is 1.71. The van der Waals surface area contributed by atoms with Gasteiger partial charge in [-0.25, -0.2) is 0 Å². The number of hydrogen-bond donors (Lipinski definition) is 0. The molecule has 4 rings (SSSR count). The predicted molar refractivity (Wildman–Crippen MR) is 75.9 cm³/mol. The summed E-state index contributed by atoms with van der Waals surface area (Å²) in [4.78, 5) is 5.66. The molecule has 1 aromatic heterocycles. The van der Waals surface area contributed by atoms with E-state index in [-0.39, 0.29) is 5.60 Å². The van der Waals surface area contributed by atoms with Crippen molar-refractivity contribution in [1.82, 2.24) is 9.78 Å². The Labute approximate surface area is 117 Å². The summed E-state index contributed by atoms with van der Waals surface area (Å²) in [5.74, 6) is 0. The van der Waals surface area contributed by atoms with Crippen molar-refractivity contribution < 1.29 is 9.57 Å². The molecule has 2 aliphatic rings. The third-order valence-electron chi connectivity index (χ3n) is 4.28. The lowest BCUT2D eigenvalue weighted by Crippen LogP contribution is -2.29. The first-order chi connectivity index (χ1) is 9.67. The average Bonchev–Trinajstić information content (AvgIpc) is 3.14. The maximum atomic E-state index is 5.66. The van der Waals surface area contributed by atoms with Crippen LogP contribution in [-0.2, 0) is 16.6 Å². The lowest BCUT2D eigenvalue weighted by Gasteiger charge is -2.17. The van der Waals surface area contributed by atoms with Gasteiger partial charge in [-0.2, -0.15) is 5.10 Å². The standard InChI is InChI=1S/C15H17N3O2/c1-10-12-4-3-11(7-14(12)18(2)16-10)13-8-15(20-17-13)5-6-19-9-15/h3-4,7H,5-6,8-9H2,1-2H3. The molecular formula is C15H17N3O2. The van der Waals surface area contributed by atoms with Crippen LogP contribution in [0.5, 0.6) is 0 Å². The first-order valence-corrected chi connectivity index (χ1v) is 6.93. The van der Waals surface area contributed by atoms with Gasteiger partial charge in [0, 0.05) is 30.8 Å². The zero-order valence-electron chi connectivity index (χ0n) is 11.7. The maximum Gasteiger partial charge on any atom is 0.168 e. The van der Waals surface area contributed by atoms with Crippen molar-refractivity contribution in [3.05, 3.63) is 29.5 Å². The summed E-state index contributed by atoms with van der Waals surface area (Å²) < 4.78 is 7.36. The Bertz CT molecular complexity index is 711. The van der Waals surface area contributed by atoms with E-state index >= 15 is 0 Å². The molecule has 2 aliphatic heterocycles. The molecule has 104 valence electrons. The molecule has 1 fully saturated rings. The second-order valence-corrected chi connectivity index (χ2v) is 5.73. The molecule has 0 saturated carbocycles. The molecule has 3 heterocycles. The highest BCUT2D eigenvalue weighted by Crippen LogP contribution is 2.34. The Kier molecular flexibility index (Phi) is 2.41. The molecule has 0 N–H and O–H groups in total. The van der Waals surface area contributed by atoms with Crippen molar-refractivity contribution in [2.24, 2.45) is 12.2 Å². The number of fused-ring (bicyclic) bond motifs is 1. The van der Waals surface area contributed by atoms with Gasteiger partial charge in [-0.15, -0.1) is 0 Å². The van der Waals surface area contributed by atoms with Gasteiger partial charge in [0.2, 0.25) is 0 Å². The van der Waals surface area contributed by atoms with E-state index in [1.807, 2.05) is 18.7 Å². The molecule has 1 aromatic carbocycles. The number of hydrogen-bond acceptors (Lipinski definition) is 4. The molecule has 0 aliphatic carbocycles. The summed E-state index contributed by atoms with van der Waals surface area (Å²) in [5.41, 5.74) is 4.10. The van der Waals surface area contributed by atoms with Gasteiger partial charge in [-0.3, -0.25) is 4.68 Å². The number of aryl methyl sites for hydroxylation is 2. The van der Waals surface area contributed by atoms with Crippen LogP contribution in [0, 0.1) is 6.92 Å². The van der Waals surface area contributed by atoms with Crippen LogP contribution in [0.25, 0.3) is 10.9 Å². The van der Waals surface area contributed by atoms with Crippen molar-refractivity contribution in [3.8, 4) is 0 Å². The fourth-order valence-electron chi connectivity index (χ4n) is 3.09. The van der Waals surface area contributed by atoms with Gasteiger partial charge in [0.15, 0.2) is 5.60 Å². The highest BCUT2D eigenvalue weighted by Gasteiger charge is 2.43. The summed E-state index contributed by atoms with van der Waals surface area (Å²) in [6, 6.07) is 6.37. The zero-order chi connectivity index (χ0) is 13.7. The fourth-order valence-corrected chi connectivity index (χ4v) is 3.09. The van der Waals surface area contributed by atoms with Crippen LogP contribution in [0.2, 0.25) is 0 Å². The van der Waals surface area contributed by atoms with Crippen molar-refractivity contribution in [3.63, 3.8) is 0 Å². The molecule has 1 spiro atoms. The summed E-state index contributed by atoms with van der Waals surface area (Å²) in [6.07, 6.45) is 1.75. The predicted octanol–water partition coefficient (Wildman–Crippen LogP) is 2.17. The van der Waals surface area contributed by atoms with Crippen molar-refractivity contribution >= 4 is 16.6 Å². The Hall–Kier alpha value is -1.88.